The molecule has 1 N–H and O–H groups in total. The van der Waals surface area contributed by atoms with Gasteiger partial charge in [-0.2, -0.15) is 0 Å². The zero-order chi connectivity index (χ0) is 15.1. The molecule has 0 aromatic carbocycles. The third-order valence-corrected chi connectivity index (χ3v) is 12.9. The SMILES string of the molecule is CSCCC(N[Se][Si](C)(C)C)C(=O)O[Se][Si](C)(C)C. The van der Waals surface area contributed by atoms with Crippen LogP contribution in [-0.4, -0.2) is 66.6 Å². The molecule has 1 unspecified atom stereocenters. The van der Waals surface area contributed by atoms with Gasteiger partial charge in [0, 0.05) is 0 Å². The number of carbonyl (C=O) groups is 1. The van der Waals surface area contributed by atoms with E-state index in [1.165, 1.54) is 0 Å². The van der Waals surface area contributed by atoms with E-state index in [1.54, 1.807) is 11.8 Å². The number of thioether (sulfide) groups is 1. The summed E-state index contributed by atoms with van der Waals surface area (Å²) in [5, 5.41) is 0. The monoisotopic (exact) mass is 453 g/mol. The average Bonchev–Trinajstić information content (AvgIpc) is 2.23. The summed E-state index contributed by atoms with van der Waals surface area (Å²) in [6.07, 6.45) is 2.96. The van der Waals surface area contributed by atoms with Crippen LogP contribution in [-0.2, 0) is 8.61 Å². The van der Waals surface area contributed by atoms with Crippen LogP contribution in [0.1, 0.15) is 6.42 Å². The second kappa shape index (κ2) is 9.31. The van der Waals surface area contributed by atoms with Crippen molar-refractivity contribution in [1.82, 2.24) is 4.33 Å². The fourth-order valence-corrected chi connectivity index (χ4v) is 8.14. The summed E-state index contributed by atoms with van der Waals surface area (Å²) in [6.45, 7) is 11.4. The third-order valence-electron chi connectivity index (χ3n) is 1.78. The molecular formula is C11H27NO2SSe2Si2. The van der Waals surface area contributed by atoms with Crippen LogP contribution in [0.15, 0.2) is 0 Å². The molecule has 0 fully saturated rings. The molecule has 0 bridgehead atoms. The second-order valence-corrected chi connectivity index (χ2v) is 34.7. The van der Waals surface area contributed by atoms with Crippen molar-refractivity contribution >= 4 is 60.3 Å². The van der Waals surface area contributed by atoms with Gasteiger partial charge in [0.15, 0.2) is 0 Å². The Hall–Kier alpha value is 1.25. The molecule has 0 amide bonds. The second-order valence-electron chi connectivity index (χ2n) is 6.26. The predicted octanol–water partition coefficient (Wildman–Crippen LogP) is 2.15. The van der Waals surface area contributed by atoms with Gasteiger partial charge in [-0.05, 0) is 0 Å². The Bertz CT molecular complexity index is 283. The summed E-state index contributed by atoms with van der Waals surface area (Å²) in [5.41, 5.74) is 0. The van der Waals surface area contributed by atoms with Crippen LogP contribution in [0.3, 0.4) is 0 Å². The van der Waals surface area contributed by atoms with Crippen LogP contribution in [0.25, 0.3) is 0 Å². The van der Waals surface area contributed by atoms with Gasteiger partial charge in [-0.1, -0.05) is 0 Å². The first kappa shape index (κ1) is 20.3. The predicted molar refractivity (Wildman–Crippen MR) is 94.2 cm³/mol. The van der Waals surface area contributed by atoms with Gasteiger partial charge in [0.05, 0.1) is 0 Å². The molecule has 0 saturated heterocycles. The molecule has 0 aromatic rings. The van der Waals surface area contributed by atoms with E-state index >= 15 is 0 Å². The molecule has 0 heterocycles. The van der Waals surface area contributed by atoms with Crippen LogP contribution in [0.4, 0.5) is 0 Å². The van der Waals surface area contributed by atoms with Gasteiger partial charge in [0.1, 0.15) is 0 Å². The summed E-state index contributed by atoms with van der Waals surface area (Å²) in [7, 11) is 0. The number of carbonyl (C=O) groups excluding carboxylic acids is 1. The van der Waals surface area contributed by atoms with Crippen molar-refractivity contribution in [3.8, 4) is 0 Å². The van der Waals surface area contributed by atoms with E-state index in [4.69, 9.17) is 3.82 Å². The average molecular weight is 452 g/mol. The third kappa shape index (κ3) is 12.7. The fourth-order valence-electron chi connectivity index (χ4n) is 0.933. The molecule has 0 saturated carbocycles. The van der Waals surface area contributed by atoms with Crippen molar-refractivity contribution < 1.29 is 8.61 Å². The first-order valence-corrected chi connectivity index (χ1v) is 21.3. The maximum atomic E-state index is 12.2. The number of hydrogen-bond acceptors (Lipinski definition) is 4. The van der Waals surface area contributed by atoms with Crippen molar-refractivity contribution in [2.75, 3.05) is 12.0 Å². The van der Waals surface area contributed by atoms with E-state index < -0.39 is 13.4 Å². The van der Waals surface area contributed by atoms with Crippen molar-refractivity contribution in [2.45, 2.75) is 51.7 Å². The van der Waals surface area contributed by atoms with E-state index in [2.05, 4.69) is 49.9 Å². The normalized spacial score (nSPS) is 14.3. The summed E-state index contributed by atoms with van der Waals surface area (Å²) in [5.74, 6) is 0.991. The molecule has 8 heteroatoms. The van der Waals surface area contributed by atoms with E-state index in [9.17, 15) is 4.79 Å². The van der Waals surface area contributed by atoms with Crippen LogP contribution < -0.4 is 4.33 Å². The van der Waals surface area contributed by atoms with Crippen molar-refractivity contribution in [2.24, 2.45) is 0 Å². The zero-order valence-corrected chi connectivity index (χ0v) is 19.3. The first-order valence-electron chi connectivity index (χ1n) is 6.37. The summed E-state index contributed by atoms with van der Waals surface area (Å²) < 4.78 is 9.06. The molecule has 0 radical (unpaired) electrons. The van der Waals surface area contributed by atoms with Gasteiger partial charge in [0.2, 0.25) is 0 Å². The molecule has 114 valence electrons. The van der Waals surface area contributed by atoms with Gasteiger partial charge in [0.25, 0.3) is 0 Å². The molecule has 0 aromatic heterocycles. The molecule has 0 rings (SSSR count). The van der Waals surface area contributed by atoms with Crippen LogP contribution in [0.2, 0.25) is 39.3 Å². The number of hydrogen-bond donors (Lipinski definition) is 1. The Balaban J connectivity index is 4.35. The molecule has 1 atom stereocenters. The molecular weight excluding hydrogens is 424 g/mol. The Labute approximate surface area is 136 Å². The molecule has 0 spiro atoms. The number of rotatable bonds is 9. The van der Waals surface area contributed by atoms with E-state index in [0.717, 1.165) is 12.2 Å². The van der Waals surface area contributed by atoms with Crippen LogP contribution in [0.5, 0.6) is 0 Å². The Morgan fingerprint density at radius 3 is 2.21 bits per heavy atom. The van der Waals surface area contributed by atoms with Gasteiger partial charge >= 0.3 is 137 Å². The van der Waals surface area contributed by atoms with Crippen molar-refractivity contribution in [3.63, 3.8) is 0 Å². The van der Waals surface area contributed by atoms with Crippen LogP contribution in [0, 0.1) is 0 Å². The molecule has 0 aliphatic rings. The minimum atomic E-state index is -1.26. The van der Waals surface area contributed by atoms with E-state index in [0.29, 0.717) is 14.5 Å². The van der Waals surface area contributed by atoms with Crippen molar-refractivity contribution in [1.29, 1.82) is 0 Å². The van der Waals surface area contributed by atoms with E-state index in [-0.39, 0.29) is 26.7 Å². The summed E-state index contributed by atoms with van der Waals surface area (Å²) in [4.78, 5) is 12.2. The van der Waals surface area contributed by atoms with Gasteiger partial charge in [-0.15, -0.1) is 0 Å². The Morgan fingerprint density at radius 1 is 1.21 bits per heavy atom. The standard InChI is InChI=1S/C11H27NO2SSe2Si2/c1-15-9-8-10(12-16-18(2,3)4)11(13)14-17-19(5,6)7/h10,12H,8-9H2,1-7H3. The van der Waals surface area contributed by atoms with Crippen molar-refractivity contribution in [3.05, 3.63) is 0 Å². The first-order chi connectivity index (χ1) is 8.55. The molecule has 0 aliphatic carbocycles. The number of nitrogens with one attached hydrogen (secondary N) is 1. The summed E-state index contributed by atoms with van der Waals surface area (Å²) >= 11 is 2.23. The zero-order valence-electron chi connectivity index (χ0n) is 13.0. The minimum absolute atomic E-state index is 0.0170. The quantitative estimate of drug-likeness (QED) is 0.546. The molecule has 19 heavy (non-hydrogen) atoms. The van der Waals surface area contributed by atoms with Gasteiger partial charge < -0.3 is 0 Å². The molecule has 3 nitrogen and oxygen atoms in total. The van der Waals surface area contributed by atoms with Crippen LogP contribution >= 0.6 is 11.8 Å². The Kier molecular flexibility index (Phi) is 9.92. The fraction of sp³-hybridized carbons (Fsp3) is 0.909. The maximum absolute atomic E-state index is 12.2. The summed E-state index contributed by atoms with van der Waals surface area (Å²) in [6, 6.07) is -0.0857. The Morgan fingerprint density at radius 2 is 1.79 bits per heavy atom. The van der Waals surface area contributed by atoms with Gasteiger partial charge in [-0.3, -0.25) is 0 Å². The molecule has 0 aliphatic heterocycles. The topological polar surface area (TPSA) is 38.3 Å². The van der Waals surface area contributed by atoms with E-state index in [1.807, 2.05) is 0 Å². The van der Waals surface area contributed by atoms with Gasteiger partial charge in [-0.25, -0.2) is 0 Å².